The number of benzene rings is 1. The molecule has 3 nitrogen and oxygen atoms in total. The van der Waals surface area contributed by atoms with E-state index in [-0.39, 0.29) is 17.3 Å². The van der Waals surface area contributed by atoms with Crippen molar-refractivity contribution < 1.29 is 9.13 Å². The zero-order chi connectivity index (χ0) is 12.0. The third kappa shape index (κ3) is 1.60. The maximum Gasteiger partial charge on any atom is 0.154 e. The minimum atomic E-state index is -0.378. The van der Waals surface area contributed by atoms with Crippen LogP contribution in [0, 0.1) is 11.7 Å². The van der Waals surface area contributed by atoms with Gasteiger partial charge in [0, 0.05) is 23.3 Å². The number of halogens is 1. The maximum absolute atomic E-state index is 13.2. The molecular weight excluding hydrogens is 239 g/mol. The summed E-state index contributed by atoms with van der Waals surface area (Å²) in [5.74, 6) is 1.49. The maximum atomic E-state index is 13.2. The van der Waals surface area contributed by atoms with Crippen molar-refractivity contribution in [2.75, 3.05) is 12.4 Å². The number of thioether (sulfide) groups is 1. The summed E-state index contributed by atoms with van der Waals surface area (Å²) in [6.45, 7) is 2.61. The highest BCUT2D eigenvalue weighted by Crippen LogP contribution is 2.46. The molecule has 0 fully saturated rings. The van der Waals surface area contributed by atoms with Crippen LogP contribution in [0.3, 0.4) is 0 Å². The summed E-state index contributed by atoms with van der Waals surface area (Å²) >= 11 is 1.55. The molecule has 3 rings (SSSR count). The first-order valence-electron chi connectivity index (χ1n) is 5.50. The van der Waals surface area contributed by atoms with Crippen molar-refractivity contribution in [3.63, 3.8) is 0 Å². The molecule has 2 aliphatic rings. The molecule has 1 aromatic carbocycles. The molecule has 1 aromatic rings. The van der Waals surface area contributed by atoms with Gasteiger partial charge in [0.05, 0.1) is 12.1 Å². The van der Waals surface area contributed by atoms with Crippen LogP contribution in [0.15, 0.2) is 23.2 Å². The van der Waals surface area contributed by atoms with Crippen LogP contribution in [-0.2, 0) is 5.54 Å². The SMILES string of the molecule is C[C@]12N=C(N)SC[C@H]1COc1cc(F)ccc12. The fourth-order valence-corrected chi connectivity index (χ4v) is 3.46. The predicted octanol–water partition coefficient (Wildman–Crippen LogP) is 2.11. The van der Waals surface area contributed by atoms with E-state index in [0.717, 1.165) is 11.3 Å². The Balaban J connectivity index is 2.16. The van der Waals surface area contributed by atoms with E-state index in [2.05, 4.69) is 4.99 Å². The van der Waals surface area contributed by atoms with Crippen LogP contribution >= 0.6 is 11.8 Å². The van der Waals surface area contributed by atoms with Crippen molar-refractivity contribution in [2.45, 2.75) is 12.5 Å². The third-order valence-electron chi connectivity index (χ3n) is 3.50. The molecule has 90 valence electrons. The highest BCUT2D eigenvalue weighted by Gasteiger charge is 2.44. The van der Waals surface area contributed by atoms with Gasteiger partial charge < -0.3 is 10.5 Å². The molecule has 0 aliphatic carbocycles. The Morgan fingerprint density at radius 3 is 3.24 bits per heavy atom. The molecule has 5 heteroatoms. The first-order chi connectivity index (χ1) is 8.09. The van der Waals surface area contributed by atoms with Gasteiger partial charge in [-0.25, -0.2) is 4.39 Å². The Bertz CT molecular complexity index is 505. The topological polar surface area (TPSA) is 47.6 Å². The molecule has 2 N–H and O–H groups in total. The summed E-state index contributed by atoms with van der Waals surface area (Å²) in [6, 6.07) is 4.62. The molecule has 0 saturated carbocycles. The summed E-state index contributed by atoms with van der Waals surface area (Å²) in [5, 5.41) is 0.598. The predicted molar refractivity (Wildman–Crippen MR) is 66.8 cm³/mol. The molecule has 2 atom stereocenters. The Hall–Kier alpha value is -1.23. The van der Waals surface area contributed by atoms with Crippen molar-refractivity contribution >= 4 is 16.9 Å². The van der Waals surface area contributed by atoms with Crippen molar-refractivity contribution in [3.8, 4) is 5.75 Å². The van der Waals surface area contributed by atoms with E-state index in [1.807, 2.05) is 6.92 Å². The van der Waals surface area contributed by atoms with Gasteiger partial charge in [-0.2, -0.15) is 0 Å². The van der Waals surface area contributed by atoms with Gasteiger partial charge in [-0.3, -0.25) is 4.99 Å². The minimum Gasteiger partial charge on any atom is -0.493 e. The van der Waals surface area contributed by atoms with Gasteiger partial charge in [-0.15, -0.1) is 0 Å². The first kappa shape index (κ1) is 10.9. The number of rotatable bonds is 0. The van der Waals surface area contributed by atoms with Crippen LogP contribution in [0.5, 0.6) is 5.75 Å². The van der Waals surface area contributed by atoms with Gasteiger partial charge in [0.25, 0.3) is 0 Å². The van der Waals surface area contributed by atoms with Gasteiger partial charge >= 0.3 is 0 Å². The molecule has 0 radical (unpaired) electrons. The monoisotopic (exact) mass is 252 g/mol. The molecule has 2 heterocycles. The van der Waals surface area contributed by atoms with Gasteiger partial charge in [0.1, 0.15) is 11.6 Å². The fraction of sp³-hybridized carbons (Fsp3) is 0.417. The lowest BCUT2D eigenvalue weighted by atomic mass is 9.79. The summed E-state index contributed by atoms with van der Waals surface area (Å²) < 4.78 is 18.8. The second-order valence-corrected chi connectivity index (χ2v) is 5.60. The van der Waals surface area contributed by atoms with Crippen LogP contribution in [0.4, 0.5) is 4.39 Å². The van der Waals surface area contributed by atoms with Crippen LogP contribution in [0.2, 0.25) is 0 Å². The molecule has 0 spiro atoms. The normalized spacial score (nSPS) is 30.9. The largest absolute Gasteiger partial charge is 0.493 e. The quantitative estimate of drug-likeness (QED) is 0.769. The third-order valence-corrected chi connectivity index (χ3v) is 4.45. The summed E-state index contributed by atoms with van der Waals surface area (Å²) in [6.07, 6.45) is 0. The number of fused-ring (bicyclic) bond motifs is 3. The number of nitrogens with zero attached hydrogens (tertiary/aromatic N) is 1. The number of amidine groups is 1. The summed E-state index contributed by atoms with van der Waals surface area (Å²) in [7, 11) is 0. The molecule has 17 heavy (non-hydrogen) atoms. The van der Waals surface area contributed by atoms with Crippen molar-refractivity contribution in [1.29, 1.82) is 0 Å². The second-order valence-electron chi connectivity index (χ2n) is 4.56. The molecular formula is C12H13FN2OS. The van der Waals surface area contributed by atoms with Crippen LogP contribution in [0.25, 0.3) is 0 Å². The van der Waals surface area contributed by atoms with Crippen LogP contribution in [-0.4, -0.2) is 17.5 Å². The summed E-state index contributed by atoms with van der Waals surface area (Å²) in [5.41, 5.74) is 6.36. The Kier molecular flexibility index (Phi) is 2.33. The van der Waals surface area contributed by atoms with Crippen molar-refractivity contribution in [2.24, 2.45) is 16.6 Å². The number of hydrogen-bond donors (Lipinski definition) is 1. The van der Waals surface area contributed by atoms with Gasteiger partial charge in [0.2, 0.25) is 0 Å². The highest BCUT2D eigenvalue weighted by atomic mass is 32.2. The molecule has 0 unspecified atom stereocenters. The van der Waals surface area contributed by atoms with E-state index >= 15 is 0 Å². The Labute approximate surface area is 103 Å². The molecule has 0 aromatic heterocycles. The smallest absolute Gasteiger partial charge is 0.154 e. The lowest BCUT2D eigenvalue weighted by molar-refractivity contribution is 0.159. The van der Waals surface area contributed by atoms with E-state index in [9.17, 15) is 4.39 Å². The van der Waals surface area contributed by atoms with E-state index in [1.54, 1.807) is 17.8 Å². The average Bonchev–Trinajstić information content (AvgIpc) is 2.27. The van der Waals surface area contributed by atoms with E-state index in [0.29, 0.717) is 17.5 Å². The highest BCUT2D eigenvalue weighted by molar-refractivity contribution is 8.13. The molecule has 2 aliphatic heterocycles. The van der Waals surface area contributed by atoms with Gasteiger partial charge in [-0.1, -0.05) is 11.8 Å². The van der Waals surface area contributed by atoms with Crippen molar-refractivity contribution in [3.05, 3.63) is 29.6 Å². The minimum absolute atomic E-state index is 0.284. The zero-order valence-corrected chi connectivity index (χ0v) is 10.3. The molecule has 0 amide bonds. The first-order valence-corrected chi connectivity index (χ1v) is 6.49. The Morgan fingerprint density at radius 1 is 1.59 bits per heavy atom. The van der Waals surface area contributed by atoms with Crippen molar-refractivity contribution in [1.82, 2.24) is 0 Å². The fourth-order valence-electron chi connectivity index (χ4n) is 2.42. The number of hydrogen-bond acceptors (Lipinski definition) is 4. The van der Waals surface area contributed by atoms with E-state index in [1.165, 1.54) is 12.1 Å². The second kappa shape index (κ2) is 3.63. The molecule has 0 bridgehead atoms. The number of nitrogens with two attached hydrogens (primary N) is 1. The average molecular weight is 252 g/mol. The van der Waals surface area contributed by atoms with Gasteiger partial charge in [0.15, 0.2) is 5.17 Å². The van der Waals surface area contributed by atoms with Gasteiger partial charge in [-0.05, 0) is 19.1 Å². The number of ether oxygens (including phenoxy) is 1. The molecule has 0 saturated heterocycles. The van der Waals surface area contributed by atoms with Crippen LogP contribution < -0.4 is 10.5 Å². The number of aliphatic imine (C=N–C) groups is 1. The zero-order valence-electron chi connectivity index (χ0n) is 9.44. The standard InChI is InChI=1S/C12H13FN2OS/c1-12-7(6-17-11(14)15-12)5-16-10-4-8(13)2-3-9(10)12/h2-4,7H,5-6H2,1H3,(H2,14,15)/t7-,12+/m1/s1. The lowest BCUT2D eigenvalue weighted by Crippen LogP contribution is -2.44. The lowest BCUT2D eigenvalue weighted by Gasteiger charge is -2.42. The van der Waals surface area contributed by atoms with E-state index in [4.69, 9.17) is 10.5 Å². The van der Waals surface area contributed by atoms with E-state index < -0.39 is 0 Å². The summed E-state index contributed by atoms with van der Waals surface area (Å²) in [4.78, 5) is 4.56. The Morgan fingerprint density at radius 2 is 2.41 bits per heavy atom. The van der Waals surface area contributed by atoms with Crippen LogP contribution in [0.1, 0.15) is 12.5 Å².